The van der Waals surface area contributed by atoms with Crippen molar-refractivity contribution in [3.05, 3.63) is 0 Å². The van der Waals surface area contributed by atoms with E-state index in [1.54, 1.807) is 0 Å². The molecule has 0 spiro atoms. The molecule has 2 saturated heterocycles. The number of nitrogens with zero attached hydrogens (tertiary/aromatic N) is 2. The topological polar surface area (TPSA) is 60.9 Å². The van der Waals surface area contributed by atoms with Gasteiger partial charge in [0, 0.05) is 32.1 Å². The van der Waals surface area contributed by atoms with Crippen LogP contribution in [0.2, 0.25) is 0 Å². The van der Waals surface area contributed by atoms with Gasteiger partial charge in [-0.05, 0) is 25.7 Å². The lowest BCUT2D eigenvalue weighted by Gasteiger charge is -2.37. The Balaban J connectivity index is 1.99. The number of hydrogen-bond donors (Lipinski definition) is 1. The van der Waals surface area contributed by atoms with E-state index >= 15 is 0 Å². The number of amides is 2. The summed E-state index contributed by atoms with van der Waals surface area (Å²) in [7, 11) is 0. The summed E-state index contributed by atoms with van der Waals surface area (Å²) in [6.07, 6.45) is 4.70. The Morgan fingerprint density at radius 2 is 2.00 bits per heavy atom. The number of rotatable bonds is 1. The largest absolute Gasteiger partial charge is 0.465 e. The van der Waals surface area contributed by atoms with Crippen LogP contribution in [0.25, 0.3) is 0 Å². The van der Waals surface area contributed by atoms with Crippen LogP contribution in [0, 0.1) is 0 Å². The summed E-state index contributed by atoms with van der Waals surface area (Å²) in [4.78, 5) is 26.3. The molecule has 96 valence electrons. The first kappa shape index (κ1) is 12.2. The van der Waals surface area contributed by atoms with Crippen molar-refractivity contribution in [2.24, 2.45) is 0 Å². The van der Waals surface area contributed by atoms with E-state index in [-0.39, 0.29) is 11.9 Å². The minimum absolute atomic E-state index is 0.102. The van der Waals surface area contributed by atoms with Gasteiger partial charge in [-0.2, -0.15) is 0 Å². The van der Waals surface area contributed by atoms with Gasteiger partial charge >= 0.3 is 6.09 Å². The molecule has 2 rings (SSSR count). The van der Waals surface area contributed by atoms with E-state index in [2.05, 4.69) is 0 Å². The van der Waals surface area contributed by atoms with Crippen molar-refractivity contribution in [3.8, 4) is 0 Å². The van der Waals surface area contributed by atoms with Gasteiger partial charge in [0.05, 0.1) is 0 Å². The fourth-order valence-electron chi connectivity index (χ4n) is 2.77. The fourth-order valence-corrected chi connectivity index (χ4v) is 2.77. The Kier molecular flexibility index (Phi) is 3.86. The summed E-state index contributed by atoms with van der Waals surface area (Å²) in [6, 6.07) is 0.102. The quantitative estimate of drug-likeness (QED) is 0.756. The third-order valence-electron chi connectivity index (χ3n) is 3.72. The van der Waals surface area contributed by atoms with Gasteiger partial charge in [-0.15, -0.1) is 0 Å². The molecule has 0 saturated carbocycles. The van der Waals surface area contributed by atoms with Crippen LogP contribution in [0.3, 0.4) is 0 Å². The van der Waals surface area contributed by atoms with Crippen molar-refractivity contribution < 1.29 is 14.7 Å². The second-order valence-electron chi connectivity index (χ2n) is 4.92. The van der Waals surface area contributed by atoms with Gasteiger partial charge < -0.3 is 14.9 Å². The molecule has 2 aliphatic heterocycles. The van der Waals surface area contributed by atoms with Gasteiger partial charge in [-0.3, -0.25) is 4.79 Å². The van der Waals surface area contributed by atoms with E-state index in [1.807, 2.05) is 4.90 Å². The van der Waals surface area contributed by atoms with Crippen LogP contribution in [0.15, 0.2) is 0 Å². The molecule has 1 N–H and O–H groups in total. The molecule has 0 aromatic heterocycles. The third-order valence-corrected chi connectivity index (χ3v) is 3.72. The first-order valence-corrected chi connectivity index (χ1v) is 6.46. The number of hydrogen-bond acceptors (Lipinski definition) is 2. The van der Waals surface area contributed by atoms with Gasteiger partial charge in [0.15, 0.2) is 0 Å². The van der Waals surface area contributed by atoms with Gasteiger partial charge in [-0.25, -0.2) is 4.79 Å². The van der Waals surface area contributed by atoms with E-state index in [1.165, 1.54) is 4.90 Å². The molecule has 0 aromatic rings. The maximum absolute atomic E-state index is 12.0. The molecule has 0 radical (unpaired) electrons. The van der Waals surface area contributed by atoms with Crippen LogP contribution in [0.5, 0.6) is 0 Å². The molecule has 2 fully saturated rings. The van der Waals surface area contributed by atoms with Gasteiger partial charge in [-0.1, -0.05) is 6.42 Å². The van der Waals surface area contributed by atoms with Gasteiger partial charge in [0.25, 0.3) is 0 Å². The standard InChI is InChI=1S/C12H20N2O3/c15-11-6-2-1-3-8-14(11)10-5-4-7-13(9-10)12(16)17/h10H,1-9H2,(H,16,17). The van der Waals surface area contributed by atoms with Crippen molar-refractivity contribution >= 4 is 12.0 Å². The highest BCUT2D eigenvalue weighted by molar-refractivity contribution is 5.77. The molecule has 0 aliphatic carbocycles. The molecule has 5 heteroatoms. The lowest BCUT2D eigenvalue weighted by molar-refractivity contribution is -0.134. The van der Waals surface area contributed by atoms with Crippen molar-refractivity contribution in [1.29, 1.82) is 0 Å². The van der Waals surface area contributed by atoms with Crippen LogP contribution < -0.4 is 0 Å². The van der Waals surface area contributed by atoms with Crippen LogP contribution in [-0.4, -0.2) is 52.6 Å². The van der Waals surface area contributed by atoms with E-state index in [0.717, 1.165) is 38.6 Å². The summed E-state index contributed by atoms with van der Waals surface area (Å²) in [5, 5.41) is 9.00. The second kappa shape index (κ2) is 5.38. The second-order valence-corrected chi connectivity index (χ2v) is 4.92. The minimum Gasteiger partial charge on any atom is -0.465 e. The maximum Gasteiger partial charge on any atom is 0.407 e. The Morgan fingerprint density at radius 1 is 1.18 bits per heavy atom. The van der Waals surface area contributed by atoms with Crippen molar-refractivity contribution in [2.45, 2.75) is 44.6 Å². The number of carboxylic acid groups (broad SMARTS) is 1. The molecule has 2 amide bonds. The third kappa shape index (κ3) is 2.90. The van der Waals surface area contributed by atoms with Crippen LogP contribution in [0.4, 0.5) is 4.79 Å². The van der Waals surface area contributed by atoms with Crippen molar-refractivity contribution in [3.63, 3.8) is 0 Å². The Morgan fingerprint density at radius 3 is 2.76 bits per heavy atom. The molecule has 0 aromatic carbocycles. The van der Waals surface area contributed by atoms with Crippen LogP contribution >= 0.6 is 0 Å². The number of piperidine rings is 1. The summed E-state index contributed by atoms with van der Waals surface area (Å²) < 4.78 is 0. The van der Waals surface area contributed by atoms with E-state index < -0.39 is 6.09 Å². The van der Waals surface area contributed by atoms with Crippen LogP contribution in [-0.2, 0) is 4.79 Å². The molecule has 5 nitrogen and oxygen atoms in total. The van der Waals surface area contributed by atoms with Gasteiger partial charge in [0.2, 0.25) is 5.91 Å². The van der Waals surface area contributed by atoms with Crippen molar-refractivity contribution in [2.75, 3.05) is 19.6 Å². The number of carbonyl (C=O) groups excluding carboxylic acids is 1. The molecule has 1 unspecified atom stereocenters. The summed E-state index contributed by atoms with van der Waals surface area (Å²) in [6.45, 7) is 1.89. The summed E-state index contributed by atoms with van der Waals surface area (Å²) in [5.41, 5.74) is 0. The zero-order chi connectivity index (χ0) is 12.3. The summed E-state index contributed by atoms with van der Waals surface area (Å²) in [5.74, 6) is 0.208. The molecule has 2 heterocycles. The normalized spacial score (nSPS) is 26.8. The molecular formula is C12H20N2O3. The molecule has 0 bridgehead atoms. The molecule has 1 atom stereocenters. The molecule has 2 aliphatic rings. The van der Waals surface area contributed by atoms with E-state index in [9.17, 15) is 9.59 Å². The molecule has 17 heavy (non-hydrogen) atoms. The lowest BCUT2D eigenvalue weighted by Crippen LogP contribution is -2.51. The Labute approximate surface area is 101 Å². The highest BCUT2D eigenvalue weighted by atomic mass is 16.4. The smallest absolute Gasteiger partial charge is 0.407 e. The Bertz CT molecular complexity index is 306. The lowest BCUT2D eigenvalue weighted by atomic mass is 10.0. The predicted molar refractivity (Wildman–Crippen MR) is 62.8 cm³/mol. The minimum atomic E-state index is -0.864. The van der Waals surface area contributed by atoms with E-state index in [4.69, 9.17) is 5.11 Å². The highest BCUT2D eigenvalue weighted by Crippen LogP contribution is 2.20. The Hall–Kier alpha value is -1.26. The monoisotopic (exact) mass is 240 g/mol. The first-order chi connectivity index (χ1) is 8.18. The van der Waals surface area contributed by atoms with Crippen molar-refractivity contribution in [1.82, 2.24) is 9.80 Å². The predicted octanol–water partition coefficient (Wildman–Crippen LogP) is 1.53. The molecular weight excluding hydrogens is 220 g/mol. The first-order valence-electron chi connectivity index (χ1n) is 6.46. The van der Waals surface area contributed by atoms with E-state index in [0.29, 0.717) is 19.5 Å². The fraction of sp³-hybridized carbons (Fsp3) is 0.833. The maximum atomic E-state index is 12.0. The average Bonchev–Trinajstić information content (AvgIpc) is 2.54. The average molecular weight is 240 g/mol. The van der Waals surface area contributed by atoms with Crippen LogP contribution in [0.1, 0.15) is 38.5 Å². The van der Waals surface area contributed by atoms with Gasteiger partial charge in [0.1, 0.15) is 0 Å². The highest BCUT2D eigenvalue weighted by Gasteiger charge is 2.30. The summed E-state index contributed by atoms with van der Waals surface area (Å²) >= 11 is 0. The number of carbonyl (C=O) groups is 2. The zero-order valence-corrected chi connectivity index (χ0v) is 10.1. The number of likely N-dealkylation sites (tertiary alicyclic amines) is 2. The zero-order valence-electron chi connectivity index (χ0n) is 10.1. The SMILES string of the molecule is O=C(O)N1CCCC(N2CCCCCC2=O)C1.